The zero-order valence-electron chi connectivity index (χ0n) is 11.9. The summed E-state index contributed by atoms with van der Waals surface area (Å²) in [5, 5.41) is 4.50. The van der Waals surface area contributed by atoms with Crippen molar-refractivity contribution in [3.63, 3.8) is 0 Å². The van der Waals surface area contributed by atoms with Gasteiger partial charge in [-0.2, -0.15) is 0 Å². The fourth-order valence-corrected chi connectivity index (χ4v) is 2.66. The van der Waals surface area contributed by atoms with Crippen molar-refractivity contribution < 1.29 is 18.4 Å². The molecule has 0 spiro atoms. The van der Waals surface area contributed by atoms with Crippen LogP contribution >= 0.6 is 22.6 Å². The highest BCUT2D eigenvalue weighted by Crippen LogP contribution is 2.34. The van der Waals surface area contributed by atoms with Gasteiger partial charge in [-0.15, -0.1) is 0 Å². The molecule has 7 heteroatoms. The Morgan fingerprint density at radius 1 is 1.32 bits per heavy atom. The smallest absolute Gasteiger partial charge is 0.174 e. The fraction of sp³-hybridized carbons (Fsp3) is 0.200. The third-order valence-corrected chi connectivity index (χ3v) is 3.85. The number of aromatic nitrogens is 2. The summed E-state index contributed by atoms with van der Waals surface area (Å²) in [5.74, 6) is 0.919. The summed E-state index contributed by atoms with van der Waals surface area (Å²) < 4.78 is 30.6. The first kappa shape index (κ1) is 15.0. The quantitative estimate of drug-likeness (QED) is 0.607. The molecule has 0 fully saturated rings. The topological polar surface area (TPSA) is 57.4 Å². The number of nitrogens with zero attached hydrogens (tertiary/aromatic N) is 2. The molecule has 3 aromatic rings. The van der Waals surface area contributed by atoms with Gasteiger partial charge in [0.2, 0.25) is 0 Å². The van der Waals surface area contributed by atoms with Crippen molar-refractivity contribution in [3.05, 3.63) is 45.2 Å². The van der Waals surface area contributed by atoms with Crippen molar-refractivity contribution in [2.75, 3.05) is 7.11 Å². The molecule has 0 aliphatic heterocycles. The maximum Gasteiger partial charge on any atom is 0.174 e. The van der Waals surface area contributed by atoms with E-state index in [0.29, 0.717) is 22.4 Å². The summed E-state index contributed by atoms with van der Waals surface area (Å²) in [5.41, 5.74) is 1.29. The molecule has 0 saturated carbocycles. The molecule has 0 radical (unpaired) electrons. The minimum absolute atomic E-state index is 0.150. The average Bonchev–Trinajstić information content (AvgIpc) is 2.91. The predicted octanol–water partition coefficient (Wildman–Crippen LogP) is 3.86. The van der Waals surface area contributed by atoms with Gasteiger partial charge in [0.25, 0.3) is 0 Å². The maximum absolute atomic E-state index is 13.8. The lowest BCUT2D eigenvalue weighted by atomic mass is 10.2. The van der Waals surface area contributed by atoms with Gasteiger partial charge in [-0.25, -0.2) is 4.39 Å². The van der Waals surface area contributed by atoms with Crippen LogP contribution in [0.15, 0.2) is 28.9 Å². The van der Waals surface area contributed by atoms with Crippen molar-refractivity contribution in [3.8, 4) is 11.5 Å². The number of fused-ring (bicyclic) bond motifs is 1. The van der Waals surface area contributed by atoms with E-state index in [1.165, 1.54) is 13.2 Å². The predicted molar refractivity (Wildman–Crippen MR) is 86.5 cm³/mol. The third kappa shape index (κ3) is 2.85. The van der Waals surface area contributed by atoms with E-state index >= 15 is 0 Å². The van der Waals surface area contributed by atoms with Crippen LogP contribution in [0.25, 0.3) is 10.9 Å². The van der Waals surface area contributed by atoms with Gasteiger partial charge >= 0.3 is 0 Å². The molecule has 0 bridgehead atoms. The first-order valence-corrected chi connectivity index (χ1v) is 7.53. The van der Waals surface area contributed by atoms with E-state index in [4.69, 9.17) is 14.0 Å². The van der Waals surface area contributed by atoms with Crippen LogP contribution in [-0.2, 0) is 6.61 Å². The number of rotatable bonds is 4. The average molecular weight is 414 g/mol. The molecule has 1 aromatic carbocycles. The Kier molecular flexibility index (Phi) is 4.14. The highest BCUT2D eigenvalue weighted by molar-refractivity contribution is 14.1. The number of pyridine rings is 1. The van der Waals surface area contributed by atoms with Gasteiger partial charge in [-0.05, 0) is 35.6 Å². The van der Waals surface area contributed by atoms with Crippen LogP contribution in [0.5, 0.6) is 11.5 Å². The number of ether oxygens (including phenoxy) is 2. The summed E-state index contributed by atoms with van der Waals surface area (Å²) in [4.78, 5) is 4.22. The number of halogens is 2. The van der Waals surface area contributed by atoms with Crippen LogP contribution in [0, 0.1) is 16.3 Å². The Morgan fingerprint density at radius 3 is 2.82 bits per heavy atom. The van der Waals surface area contributed by atoms with Crippen molar-refractivity contribution in [2.45, 2.75) is 13.5 Å². The first-order valence-electron chi connectivity index (χ1n) is 6.45. The molecule has 2 heterocycles. The first-order chi connectivity index (χ1) is 10.6. The second-order valence-corrected chi connectivity index (χ2v) is 5.82. The van der Waals surface area contributed by atoms with Crippen molar-refractivity contribution in [1.29, 1.82) is 0 Å². The van der Waals surface area contributed by atoms with Crippen LogP contribution in [-0.4, -0.2) is 17.3 Å². The van der Waals surface area contributed by atoms with E-state index in [0.717, 1.165) is 9.26 Å². The van der Waals surface area contributed by atoms with Crippen LogP contribution in [0.1, 0.15) is 11.5 Å². The van der Waals surface area contributed by atoms with Crippen LogP contribution < -0.4 is 9.47 Å². The molecule has 3 rings (SSSR count). The molecule has 114 valence electrons. The van der Waals surface area contributed by atoms with Gasteiger partial charge in [-0.1, -0.05) is 5.16 Å². The lowest BCUT2D eigenvalue weighted by Crippen LogP contribution is -1.99. The highest BCUT2D eigenvalue weighted by Gasteiger charge is 2.14. The summed E-state index contributed by atoms with van der Waals surface area (Å²) in [6.07, 6.45) is 1.63. The van der Waals surface area contributed by atoms with E-state index in [2.05, 4.69) is 32.7 Å². The lowest BCUT2D eigenvalue weighted by Gasteiger charge is -2.11. The lowest BCUT2D eigenvalue weighted by molar-refractivity contribution is 0.249. The van der Waals surface area contributed by atoms with E-state index in [1.54, 1.807) is 18.3 Å². The van der Waals surface area contributed by atoms with Crippen LogP contribution in [0.3, 0.4) is 0 Å². The van der Waals surface area contributed by atoms with Crippen molar-refractivity contribution in [2.24, 2.45) is 0 Å². The second-order valence-electron chi connectivity index (χ2n) is 4.66. The number of aryl methyl sites for hydroxylation is 1. The Morgan fingerprint density at radius 2 is 2.14 bits per heavy atom. The fourth-order valence-electron chi connectivity index (χ4n) is 2.08. The second kappa shape index (κ2) is 6.07. The molecule has 0 amide bonds. The molecule has 0 atom stereocenters. The normalized spacial score (nSPS) is 10.9. The minimum atomic E-state index is -0.458. The molecule has 0 aliphatic rings. The van der Waals surface area contributed by atoms with E-state index in [9.17, 15) is 4.39 Å². The molecule has 2 aromatic heterocycles. The van der Waals surface area contributed by atoms with E-state index in [-0.39, 0.29) is 12.4 Å². The summed E-state index contributed by atoms with van der Waals surface area (Å²) in [6.45, 7) is 2.07. The molecule has 0 N–H and O–H groups in total. The summed E-state index contributed by atoms with van der Waals surface area (Å²) in [7, 11) is 1.42. The largest absolute Gasteiger partial charge is 0.494 e. The van der Waals surface area contributed by atoms with Gasteiger partial charge in [0.05, 0.1) is 21.9 Å². The van der Waals surface area contributed by atoms with Crippen LogP contribution in [0.4, 0.5) is 4.39 Å². The van der Waals surface area contributed by atoms with E-state index < -0.39 is 5.82 Å². The maximum atomic E-state index is 13.8. The Balaban J connectivity index is 2.01. The highest BCUT2D eigenvalue weighted by atomic mass is 127. The van der Waals surface area contributed by atoms with Gasteiger partial charge in [0.15, 0.2) is 17.3 Å². The minimum Gasteiger partial charge on any atom is -0.494 e. The standard InChI is InChI=1S/C15H12FIN2O3/c1-8-3-9(22-19-8)7-21-15-10-4-14(20-2)11(16)5-13(10)18-6-12(15)17/h3-6H,7H2,1-2H3. The molecule has 0 saturated heterocycles. The molecule has 0 aliphatic carbocycles. The van der Waals surface area contributed by atoms with E-state index in [1.807, 2.05) is 6.92 Å². The van der Waals surface area contributed by atoms with Crippen LogP contribution in [0.2, 0.25) is 0 Å². The zero-order valence-corrected chi connectivity index (χ0v) is 14.0. The van der Waals surface area contributed by atoms with Crippen molar-refractivity contribution in [1.82, 2.24) is 10.1 Å². The van der Waals surface area contributed by atoms with Gasteiger partial charge in [0.1, 0.15) is 12.4 Å². The Bertz CT molecular complexity index is 835. The Labute approximate surface area is 139 Å². The Hall–Kier alpha value is -1.90. The third-order valence-electron chi connectivity index (χ3n) is 3.08. The number of hydrogen-bond donors (Lipinski definition) is 0. The molecular formula is C15H12FIN2O3. The number of benzene rings is 1. The SMILES string of the molecule is COc1cc2c(OCc3cc(C)no3)c(I)cnc2cc1F. The molecular weight excluding hydrogens is 402 g/mol. The van der Waals surface area contributed by atoms with Gasteiger partial charge in [-0.3, -0.25) is 4.98 Å². The number of methoxy groups -OCH3 is 1. The molecule has 22 heavy (non-hydrogen) atoms. The summed E-state index contributed by atoms with van der Waals surface area (Å²) in [6, 6.07) is 4.72. The number of hydrogen-bond acceptors (Lipinski definition) is 5. The van der Waals surface area contributed by atoms with Gasteiger partial charge in [0, 0.05) is 23.7 Å². The molecule has 0 unspecified atom stereocenters. The van der Waals surface area contributed by atoms with Crippen molar-refractivity contribution >= 4 is 33.5 Å². The molecule has 5 nitrogen and oxygen atoms in total. The van der Waals surface area contributed by atoms with Gasteiger partial charge < -0.3 is 14.0 Å². The monoisotopic (exact) mass is 414 g/mol. The zero-order chi connectivity index (χ0) is 15.7. The summed E-state index contributed by atoms with van der Waals surface area (Å²) >= 11 is 2.12.